The molecule has 0 spiro atoms. The third-order valence-electron chi connectivity index (χ3n) is 3.09. The van der Waals surface area contributed by atoms with Crippen molar-refractivity contribution in [1.82, 2.24) is 5.32 Å². The van der Waals surface area contributed by atoms with Gasteiger partial charge in [0.15, 0.2) is 0 Å². The minimum atomic E-state index is -4.40. The molecule has 6 heteroatoms. The lowest BCUT2D eigenvalue weighted by atomic mass is 10.1. The monoisotopic (exact) mass is 268 g/mol. The summed E-state index contributed by atoms with van der Waals surface area (Å²) < 4.78 is 43.5. The molecule has 0 saturated heterocycles. The van der Waals surface area contributed by atoms with Crippen LogP contribution in [0.2, 0.25) is 0 Å². The first-order valence-electron chi connectivity index (χ1n) is 5.89. The van der Waals surface area contributed by atoms with E-state index in [1.165, 1.54) is 6.07 Å². The Hall–Kier alpha value is -1.98. The Morgan fingerprint density at radius 1 is 1.32 bits per heavy atom. The highest BCUT2D eigenvalue weighted by Gasteiger charge is 2.35. The van der Waals surface area contributed by atoms with Crippen molar-refractivity contribution in [3.05, 3.63) is 35.6 Å². The van der Waals surface area contributed by atoms with Crippen LogP contribution in [0, 0.1) is 0 Å². The molecule has 19 heavy (non-hydrogen) atoms. The number of aliphatic imine (C=N–C) groups is 1. The van der Waals surface area contributed by atoms with Crippen molar-refractivity contribution in [3.8, 4) is 0 Å². The van der Waals surface area contributed by atoms with Gasteiger partial charge >= 0.3 is 6.18 Å². The van der Waals surface area contributed by atoms with Gasteiger partial charge in [0.25, 0.3) is 0 Å². The number of hydrogen-bond acceptors (Lipinski definition) is 3. The topological polar surface area (TPSA) is 37.5 Å². The first kappa shape index (κ1) is 12.1. The zero-order valence-electron chi connectivity index (χ0n) is 9.92. The maximum atomic E-state index is 12.8. The molecule has 0 aliphatic carbocycles. The number of nitrogens with zero attached hydrogens (tertiary/aromatic N) is 1. The molecule has 3 nitrogen and oxygen atoms in total. The number of nitrogens with one attached hydrogen (secondary N) is 1. The van der Waals surface area contributed by atoms with Gasteiger partial charge in [-0.3, -0.25) is 4.99 Å². The van der Waals surface area contributed by atoms with Crippen LogP contribution in [-0.2, 0) is 12.6 Å². The quantitative estimate of drug-likeness (QED) is 0.909. The molecule has 3 rings (SSSR count). The fourth-order valence-electron chi connectivity index (χ4n) is 2.22. The van der Waals surface area contributed by atoms with Crippen LogP contribution >= 0.6 is 0 Å². The fraction of sp³-hybridized carbons (Fsp3) is 0.308. The summed E-state index contributed by atoms with van der Waals surface area (Å²) in [5.41, 5.74) is 0.262. The molecule has 0 unspecified atom stereocenters. The summed E-state index contributed by atoms with van der Waals surface area (Å²) in [4.78, 5) is 4.24. The van der Waals surface area contributed by atoms with Gasteiger partial charge in [0, 0.05) is 23.9 Å². The van der Waals surface area contributed by atoms with Crippen LogP contribution in [-0.4, -0.2) is 18.9 Å². The molecule has 0 fully saturated rings. The lowest BCUT2D eigenvalue weighted by Crippen LogP contribution is -2.20. The number of rotatable bonds is 2. The minimum Gasteiger partial charge on any atom is -0.463 e. The molecule has 0 amide bonds. The fourth-order valence-corrected chi connectivity index (χ4v) is 2.22. The normalized spacial score (nSPS) is 15.6. The number of hydrogen-bond donors (Lipinski definition) is 1. The second kappa shape index (κ2) is 4.29. The summed E-state index contributed by atoms with van der Waals surface area (Å²) in [6, 6.07) is 4.79. The first-order chi connectivity index (χ1) is 9.05. The molecular weight excluding hydrogens is 257 g/mol. The maximum absolute atomic E-state index is 12.8. The van der Waals surface area contributed by atoms with Gasteiger partial charge in [-0.25, -0.2) is 0 Å². The highest BCUT2D eigenvalue weighted by atomic mass is 19.4. The van der Waals surface area contributed by atoms with Crippen molar-refractivity contribution in [1.29, 1.82) is 0 Å². The van der Waals surface area contributed by atoms with E-state index in [0.29, 0.717) is 18.5 Å². The van der Waals surface area contributed by atoms with Gasteiger partial charge in [0.05, 0.1) is 6.54 Å². The lowest BCUT2D eigenvalue weighted by Gasteiger charge is -2.05. The van der Waals surface area contributed by atoms with Gasteiger partial charge in [0.2, 0.25) is 0 Å². The van der Waals surface area contributed by atoms with E-state index < -0.39 is 11.7 Å². The third kappa shape index (κ3) is 2.18. The van der Waals surface area contributed by atoms with Crippen molar-refractivity contribution in [2.75, 3.05) is 13.1 Å². The molecule has 0 saturated carbocycles. The summed E-state index contributed by atoms with van der Waals surface area (Å²) in [5, 5.41) is 3.19. The van der Waals surface area contributed by atoms with Gasteiger partial charge in [-0.05, 0) is 0 Å². The second-order valence-electron chi connectivity index (χ2n) is 4.37. The number of benzene rings is 1. The molecule has 1 aromatic heterocycles. The smallest absolute Gasteiger partial charge is 0.420 e. The molecule has 1 aromatic carbocycles. The Kier molecular flexibility index (Phi) is 2.73. The number of furan rings is 1. The van der Waals surface area contributed by atoms with Gasteiger partial charge in [0.1, 0.15) is 23.2 Å². The van der Waals surface area contributed by atoms with Crippen LogP contribution in [0.5, 0.6) is 0 Å². The molecule has 0 atom stereocenters. The third-order valence-corrected chi connectivity index (χ3v) is 3.09. The van der Waals surface area contributed by atoms with E-state index in [9.17, 15) is 13.2 Å². The van der Waals surface area contributed by atoms with E-state index >= 15 is 0 Å². The predicted molar refractivity (Wildman–Crippen MR) is 65.2 cm³/mol. The highest BCUT2D eigenvalue weighted by molar-refractivity contribution is 5.91. The summed E-state index contributed by atoms with van der Waals surface area (Å²) in [6.07, 6.45) is -3.16. The van der Waals surface area contributed by atoms with Crippen molar-refractivity contribution in [3.63, 3.8) is 0 Å². The molecule has 1 aliphatic heterocycles. The molecule has 1 N–H and O–H groups in total. The van der Waals surface area contributed by atoms with Crippen molar-refractivity contribution >= 4 is 16.8 Å². The summed E-state index contributed by atoms with van der Waals surface area (Å²) in [5.74, 6) is 0.789. The Balaban J connectivity index is 2.04. The molecule has 2 aromatic rings. The molecular formula is C13H11F3N2O. The van der Waals surface area contributed by atoms with Crippen LogP contribution in [0.4, 0.5) is 13.2 Å². The lowest BCUT2D eigenvalue weighted by molar-refractivity contribution is -0.136. The second-order valence-corrected chi connectivity index (χ2v) is 4.37. The Labute approximate surface area is 107 Å². The van der Waals surface area contributed by atoms with E-state index in [1.807, 2.05) is 0 Å². The zero-order valence-corrected chi connectivity index (χ0v) is 9.92. The van der Waals surface area contributed by atoms with Crippen LogP contribution in [0.1, 0.15) is 11.1 Å². The minimum absolute atomic E-state index is 0.101. The molecule has 1 aliphatic rings. The van der Waals surface area contributed by atoms with Crippen molar-refractivity contribution < 1.29 is 17.6 Å². The van der Waals surface area contributed by atoms with Gasteiger partial charge in [-0.2, -0.15) is 13.2 Å². The zero-order chi connectivity index (χ0) is 13.5. The number of amidine groups is 1. The van der Waals surface area contributed by atoms with E-state index in [4.69, 9.17) is 4.42 Å². The van der Waals surface area contributed by atoms with Crippen molar-refractivity contribution in [2.24, 2.45) is 4.99 Å². The average Bonchev–Trinajstić information content (AvgIpc) is 2.96. The largest absolute Gasteiger partial charge is 0.463 e. The molecule has 0 bridgehead atoms. The predicted octanol–water partition coefficient (Wildman–Crippen LogP) is 3.00. The van der Waals surface area contributed by atoms with Crippen LogP contribution in [0.3, 0.4) is 0 Å². The highest BCUT2D eigenvalue weighted by Crippen LogP contribution is 2.37. The van der Waals surface area contributed by atoms with Gasteiger partial charge in [-0.1, -0.05) is 18.2 Å². The average molecular weight is 268 g/mol. The first-order valence-corrected chi connectivity index (χ1v) is 5.89. The van der Waals surface area contributed by atoms with E-state index in [2.05, 4.69) is 10.3 Å². The van der Waals surface area contributed by atoms with Gasteiger partial charge < -0.3 is 9.73 Å². The van der Waals surface area contributed by atoms with Crippen LogP contribution in [0.25, 0.3) is 11.0 Å². The Morgan fingerprint density at radius 3 is 2.84 bits per heavy atom. The van der Waals surface area contributed by atoms with Gasteiger partial charge in [-0.15, -0.1) is 0 Å². The molecule has 2 heterocycles. The standard InChI is InChI=1S/C13H11F3N2O/c14-13(15,16)10-7-19-12-8(2-1-3-9(10)12)6-11-17-4-5-18-11/h1-3,7H,4-6H2,(H,17,18). The Morgan fingerprint density at radius 2 is 2.16 bits per heavy atom. The summed E-state index contributed by atoms with van der Waals surface area (Å²) >= 11 is 0. The Bertz CT molecular complexity index is 643. The summed E-state index contributed by atoms with van der Waals surface area (Å²) in [6.45, 7) is 1.48. The van der Waals surface area contributed by atoms with Crippen LogP contribution in [0.15, 0.2) is 33.9 Å². The molecule has 100 valence electrons. The van der Waals surface area contributed by atoms with Crippen LogP contribution < -0.4 is 5.32 Å². The van der Waals surface area contributed by atoms with E-state index in [-0.39, 0.29) is 11.0 Å². The molecule has 0 radical (unpaired) electrons. The van der Waals surface area contributed by atoms with Crippen molar-refractivity contribution in [2.45, 2.75) is 12.6 Å². The number of halogens is 3. The SMILES string of the molecule is FC(F)(F)c1coc2c(CC3=NCCN3)cccc12. The summed E-state index contributed by atoms with van der Waals surface area (Å²) in [7, 11) is 0. The number of fused-ring (bicyclic) bond motifs is 1. The number of para-hydroxylation sites is 1. The maximum Gasteiger partial charge on any atom is 0.420 e. The van der Waals surface area contributed by atoms with E-state index in [0.717, 1.165) is 18.6 Å². The van der Waals surface area contributed by atoms with E-state index in [1.54, 1.807) is 12.1 Å². The number of alkyl halides is 3.